The molecule has 1 aromatic rings. The third-order valence-corrected chi connectivity index (χ3v) is 2.57. The largest absolute Gasteiger partial charge is 0.364 e. The Labute approximate surface area is 93.0 Å². The summed E-state index contributed by atoms with van der Waals surface area (Å²) in [5, 5.41) is 0. The summed E-state index contributed by atoms with van der Waals surface area (Å²) in [6.07, 6.45) is 1.46. The van der Waals surface area contributed by atoms with Crippen molar-refractivity contribution in [2.24, 2.45) is 10.7 Å². The molecule has 1 aliphatic rings. The lowest BCUT2D eigenvalue weighted by molar-refractivity contribution is 0.0996. The number of hydrogen-bond acceptors (Lipinski definition) is 5. The van der Waals surface area contributed by atoms with Crippen LogP contribution in [0.4, 0.5) is 5.82 Å². The number of carbonyl (C=O) groups excluding carboxylic acids is 1. The highest BCUT2D eigenvalue weighted by molar-refractivity contribution is 5.96. The minimum Gasteiger partial charge on any atom is -0.364 e. The maximum atomic E-state index is 11.1. The van der Waals surface area contributed by atoms with Crippen molar-refractivity contribution >= 4 is 17.6 Å². The van der Waals surface area contributed by atoms with Gasteiger partial charge in [0.05, 0.1) is 18.8 Å². The van der Waals surface area contributed by atoms with Crippen LogP contribution in [-0.2, 0) is 0 Å². The van der Waals surface area contributed by atoms with Gasteiger partial charge in [0.1, 0.15) is 12.5 Å². The molecule has 0 atom stereocenters. The van der Waals surface area contributed by atoms with Gasteiger partial charge in [-0.2, -0.15) is 0 Å². The van der Waals surface area contributed by atoms with Crippen LogP contribution in [0.5, 0.6) is 0 Å². The number of nitrogens with zero attached hydrogens (tertiary/aromatic N) is 4. The highest BCUT2D eigenvalue weighted by Gasteiger charge is 2.21. The van der Waals surface area contributed by atoms with E-state index in [1.54, 1.807) is 0 Å². The van der Waals surface area contributed by atoms with Crippen molar-refractivity contribution in [3.63, 3.8) is 0 Å². The highest BCUT2D eigenvalue weighted by atomic mass is 16.1. The second-order valence-corrected chi connectivity index (χ2v) is 3.69. The predicted octanol–water partition coefficient (Wildman–Crippen LogP) is -0.406. The molecule has 1 aromatic heterocycles. The number of aromatic nitrogens is 2. The molecule has 0 spiro atoms. The number of aliphatic imine (C=N–C) groups is 1. The summed E-state index contributed by atoms with van der Waals surface area (Å²) < 4.78 is 0. The minimum absolute atomic E-state index is 0.253. The summed E-state index contributed by atoms with van der Waals surface area (Å²) in [7, 11) is 1.94. The Hall–Kier alpha value is -2.05. The van der Waals surface area contributed by atoms with Crippen LogP contribution >= 0.6 is 0 Å². The molecule has 86 valence electrons. The number of imidazole rings is 1. The first-order chi connectivity index (χ1) is 7.59. The number of H-pyrrole nitrogens is 1. The molecule has 0 radical (unpaired) electrons. The molecule has 7 heteroatoms. The fraction of sp³-hybridized carbons (Fsp3) is 0.444. The summed E-state index contributed by atoms with van der Waals surface area (Å²) >= 11 is 0. The van der Waals surface area contributed by atoms with Gasteiger partial charge in [0.25, 0.3) is 5.91 Å². The SMILES string of the molecule is CC1=NCN(c2[nH]cnc2C(N)=O)CN1C. The molecule has 0 unspecified atom stereocenters. The van der Waals surface area contributed by atoms with Gasteiger partial charge in [-0.1, -0.05) is 0 Å². The number of nitrogens with two attached hydrogens (primary N) is 1. The maximum Gasteiger partial charge on any atom is 0.271 e. The smallest absolute Gasteiger partial charge is 0.271 e. The average Bonchev–Trinajstić information content (AvgIpc) is 2.71. The summed E-state index contributed by atoms with van der Waals surface area (Å²) in [6.45, 7) is 3.09. The molecule has 16 heavy (non-hydrogen) atoms. The van der Waals surface area contributed by atoms with Crippen LogP contribution in [0, 0.1) is 0 Å². The number of amides is 1. The van der Waals surface area contributed by atoms with E-state index in [4.69, 9.17) is 5.73 Å². The first kappa shape index (κ1) is 10.5. The van der Waals surface area contributed by atoms with E-state index in [9.17, 15) is 4.79 Å². The lowest BCUT2D eigenvalue weighted by atomic mass is 10.4. The third-order valence-electron chi connectivity index (χ3n) is 2.57. The molecule has 0 aromatic carbocycles. The molecule has 2 rings (SSSR count). The van der Waals surface area contributed by atoms with Gasteiger partial charge in [-0.3, -0.25) is 9.79 Å². The summed E-state index contributed by atoms with van der Waals surface area (Å²) in [6, 6.07) is 0. The Morgan fingerprint density at radius 2 is 2.38 bits per heavy atom. The Morgan fingerprint density at radius 3 is 3.00 bits per heavy atom. The Bertz CT molecular complexity index is 437. The van der Waals surface area contributed by atoms with E-state index < -0.39 is 5.91 Å². The van der Waals surface area contributed by atoms with Gasteiger partial charge in [-0.15, -0.1) is 0 Å². The van der Waals surface area contributed by atoms with E-state index >= 15 is 0 Å². The Kier molecular flexibility index (Phi) is 2.51. The van der Waals surface area contributed by atoms with E-state index in [0.29, 0.717) is 19.2 Å². The third kappa shape index (κ3) is 1.71. The first-order valence-electron chi connectivity index (χ1n) is 4.90. The van der Waals surface area contributed by atoms with E-state index in [-0.39, 0.29) is 5.69 Å². The quantitative estimate of drug-likeness (QED) is 0.712. The molecular weight excluding hydrogens is 208 g/mol. The van der Waals surface area contributed by atoms with Crippen molar-refractivity contribution in [2.75, 3.05) is 25.3 Å². The molecular formula is C9H14N6O. The number of hydrogen-bond donors (Lipinski definition) is 2. The second kappa shape index (κ2) is 3.84. The number of anilines is 1. The van der Waals surface area contributed by atoms with Gasteiger partial charge >= 0.3 is 0 Å². The van der Waals surface area contributed by atoms with E-state index in [2.05, 4.69) is 15.0 Å². The van der Waals surface area contributed by atoms with Crippen LogP contribution in [0.15, 0.2) is 11.3 Å². The summed E-state index contributed by atoms with van der Waals surface area (Å²) in [4.78, 5) is 26.1. The summed E-state index contributed by atoms with van der Waals surface area (Å²) in [5.74, 6) is 1.05. The predicted molar refractivity (Wildman–Crippen MR) is 60.2 cm³/mol. The lowest BCUT2D eigenvalue weighted by Gasteiger charge is -2.33. The van der Waals surface area contributed by atoms with Crippen LogP contribution in [-0.4, -0.2) is 47.0 Å². The number of nitrogens with one attached hydrogen (secondary N) is 1. The molecule has 1 amide bonds. The van der Waals surface area contributed by atoms with Gasteiger partial charge < -0.3 is 20.5 Å². The van der Waals surface area contributed by atoms with Crippen LogP contribution in [0.1, 0.15) is 17.4 Å². The number of aromatic amines is 1. The van der Waals surface area contributed by atoms with Crippen molar-refractivity contribution in [2.45, 2.75) is 6.92 Å². The normalized spacial score (nSPS) is 16.2. The number of rotatable bonds is 2. The van der Waals surface area contributed by atoms with Crippen LogP contribution in [0.3, 0.4) is 0 Å². The van der Waals surface area contributed by atoms with Crippen LogP contribution in [0.2, 0.25) is 0 Å². The van der Waals surface area contributed by atoms with Gasteiger partial charge in [-0.05, 0) is 6.92 Å². The minimum atomic E-state index is -0.537. The fourth-order valence-electron chi connectivity index (χ4n) is 1.56. The number of carbonyl (C=O) groups is 1. The second-order valence-electron chi connectivity index (χ2n) is 3.69. The monoisotopic (exact) mass is 222 g/mol. The van der Waals surface area contributed by atoms with Crippen molar-refractivity contribution in [3.05, 3.63) is 12.0 Å². The zero-order chi connectivity index (χ0) is 11.7. The van der Waals surface area contributed by atoms with Crippen LogP contribution in [0.25, 0.3) is 0 Å². The lowest BCUT2D eigenvalue weighted by Crippen LogP contribution is -2.43. The fourth-order valence-corrected chi connectivity index (χ4v) is 1.56. The first-order valence-corrected chi connectivity index (χ1v) is 4.90. The zero-order valence-corrected chi connectivity index (χ0v) is 9.27. The molecule has 0 saturated heterocycles. The van der Waals surface area contributed by atoms with Gasteiger partial charge in [0, 0.05) is 7.05 Å². The number of amidine groups is 1. The molecule has 0 bridgehead atoms. The molecule has 1 aliphatic heterocycles. The average molecular weight is 222 g/mol. The van der Waals surface area contributed by atoms with Crippen LogP contribution < -0.4 is 10.6 Å². The standard InChI is InChI=1S/C9H14N6O/c1-6-13-4-15(5-14(6)2)9-7(8(10)16)11-3-12-9/h3H,4-5H2,1-2H3,(H2,10,16)(H,11,12). The molecule has 3 N–H and O–H groups in total. The van der Waals surface area contributed by atoms with Crippen molar-refractivity contribution in [3.8, 4) is 0 Å². The molecule has 7 nitrogen and oxygen atoms in total. The number of primary amides is 1. The molecule has 0 saturated carbocycles. The van der Waals surface area contributed by atoms with Crippen molar-refractivity contribution in [1.29, 1.82) is 0 Å². The Morgan fingerprint density at radius 1 is 1.62 bits per heavy atom. The zero-order valence-electron chi connectivity index (χ0n) is 9.27. The highest BCUT2D eigenvalue weighted by Crippen LogP contribution is 2.17. The molecule has 0 aliphatic carbocycles. The van der Waals surface area contributed by atoms with E-state index in [1.807, 2.05) is 23.8 Å². The van der Waals surface area contributed by atoms with Gasteiger partial charge in [0.2, 0.25) is 0 Å². The van der Waals surface area contributed by atoms with E-state index in [0.717, 1.165) is 5.84 Å². The topological polar surface area (TPSA) is 90.6 Å². The van der Waals surface area contributed by atoms with E-state index in [1.165, 1.54) is 6.33 Å². The van der Waals surface area contributed by atoms with Gasteiger partial charge in [0.15, 0.2) is 5.69 Å². The molecule has 0 fully saturated rings. The van der Waals surface area contributed by atoms with Crippen molar-refractivity contribution < 1.29 is 4.79 Å². The summed E-state index contributed by atoms with van der Waals surface area (Å²) in [5.41, 5.74) is 5.48. The van der Waals surface area contributed by atoms with Gasteiger partial charge in [-0.25, -0.2) is 4.98 Å². The Balaban J connectivity index is 2.26. The molecule has 2 heterocycles. The maximum absolute atomic E-state index is 11.1. The van der Waals surface area contributed by atoms with Crippen molar-refractivity contribution in [1.82, 2.24) is 14.9 Å².